The topological polar surface area (TPSA) is 112 Å². The van der Waals surface area contributed by atoms with E-state index in [1.165, 1.54) is 4.90 Å². The van der Waals surface area contributed by atoms with E-state index < -0.39 is 6.09 Å². The van der Waals surface area contributed by atoms with Crippen LogP contribution in [0.1, 0.15) is 48.9 Å². The van der Waals surface area contributed by atoms with Gasteiger partial charge in [0.05, 0.1) is 5.56 Å². The molecule has 0 aliphatic carbocycles. The second kappa shape index (κ2) is 10.6. The highest BCUT2D eigenvalue weighted by Crippen LogP contribution is 2.40. The lowest BCUT2D eigenvalue weighted by atomic mass is 9.75. The van der Waals surface area contributed by atoms with Crippen molar-refractivity contribution in [2.45, 2.75) is 39.7 Å². The van der Waals surface area contributed by atoms with Crippen molar-refractivity contribution >= 4 is 6.09 Å². The number of carbonyl (C=O) groups is 1. The van der Waals surface area contributed by atoms with Gasteiger partial charge >= 0.3 is 6.09 Å². The van der Waals surface area contributed by atoms with Crippen LogP contribution < -0.4 is 4.74 Å². The molecule has 0 saturated heterocycles. The standard InChI is InChI=1S/C31H30N4O4/c1-31(2,3)26-18-35(30(36)37)14-13-21-15-22(9-11-25(21)26)28-33-29(39-34-28)23-10-12-27(24(16-23)17-32)38-19-20-7-5-4-6-8-20/h4-12,15-16,26H,13-14,18-19H2,1-3H3,(H,36,37). The van der Waals surface area contributed by atoms with Gasteiger partial charge in [0, 0.05) is 30.1 Å². The molecular weight excluding hydrogens is 492 g/mol. The van der Waals surface area contributed by atoms with Crippen LogP contribution in [0.15, 0.2) is 71.3 Å². The quantitative estimate of drug-likeness (QED) is 0.317. The van der Waals surface area contributed by atoms with Crippen LogP contribution in [0.2, 0.25) is 0 Å². The lowest BCUT2D eigenvalue weighted by molar-refractivity contribution is 0.135. The summed E-state index contributed by atoms with van der Waals surface area (Å²) < 4.78 is 11.4. The monoisotopic (exact) mass is 522 g/mol. The first-order chi connectivity index (χ1) is 18.7. The number of fused-ring (bicyclic) bond motifs is 1. The lowest BCUT2D eigenvalue weighted by Gasteiger charge is -2.33. The first-order valence-electron chi connectivity index (χ1n) is 12.9. The molecule has 0 saturated carbocycles. The Hall–Kier alpha value is -4.64. The van der Waals surface area contributed by atoms with Crippen molar-refractivity contribution in [1.29, 1.82) is 5.26 Å². The number of nitriles is 1. The van der Waals surface area contributed by atoms with Gasteiger partial charge in [0.15, 0.2) is 0 Å². The number of rotatable bonds is 5. The summed E-state index contributed by atoms with van der Waals surface area (Å²) in [6, 6.07) is 23.2. The van der Waals surface area contributed by atoms with E-state index >= 15 is 0 Å². The number of hydrogen-bond acceptors (Lipinski definition) is 6. The van der Waals surface area contributed by atoms with Gasteiger partial charge in [-0.05, 0) is 52.8 Å². The molecule has 8 nitrogen and oxygen atoms in total. The van der Waals surface area contributed by atoms with Crippen LogP contribution in [-0.2, 0) is 13.0 Å². The fraction of sp³-hybridized carbons (Fsp3) is 0.290. The average molecular weight is 523 g/mol. The Labute approximate surface area is 227 Å². The van der Waals surface area contributed by atoms with Crippen LogP contribution in [0.4, 0.5) is 4.79 Å². The fourth-order valence-electron chi connectivity index (χ4n) is 4.95. The third-order valence-corrected chi connectivity index (χ3v) is 7.16. The zero-order valence-electron chi connectivity index (χ0n) is 22.2. The molecule has 0 spiro atoms. The number of hydrogen-bond donors (Lipinski definition) is 1. The van der Waals surface area contributed by atoms with Gasteiger partial charge in [0.25, 0.3) is 5.89 Å². The Morgan fingerprint density at radius 2 is 1.90 bits per heavy atom. The highest BCUT2D eigenvalue weighted by molar-refractivity contribution is 5.66. The number of carboxylic acid groups (broad SMARTS) is 1. The van der Waals surface area contributed by atoms with Crippen molar-refractivity contribution in [3.05, 3.63) is 89.0 Å². The van der Waals surface area contributed by atoms with Gasteiger partial charge in [-0.1, -0.05) is 68.4 Å². The normalized spacial score (nSPS) is 15.2. The van der Waals surface area contributed by atoms with Crippen molar-refractivity contribution in [3.63, 3.8) is 0 Å². The van der Waals surface area contributed by atoms with Gasteiger partial charge in [-0.3, -0.25) is 0 Å². The SMILES string of the molecule is CC(C)(C)C1CN(C(=O)O)CCc2cc(-c3noc(-c4ccc(OCc5ccccc5)c(C#N)c4)n3)ccc21. The maximum absolute atomic E-state index is 11.8. The Morgan fingerprint density at radius 1 is 1.13 bits per heavy atom. The summed E-state index contributed by atoms with van der Waals surface area (Å²) in [5, 5.41) is 23.6. The van der Waals surface area contributed by atoms with Gasteiger partial charge in [0.2, 0.25) is 5.82 Å². The molecule has 1 aliphatic heterocycles. The van der Waals surface area contributed by atoms with Crippen LogP contribution in [0.25, 0.3) is 22.8 Å². The molecule has 198 valence electrons. The molecule has 3 aromatic carbocycles. The highest BCUT2D eigenvalue weighted by Gasteiger charge is 2.33. The Bertz CT molecular complexity index is 1530. The number of aromatic nitrogens is 2. The Balaban J connectivity index is 1.39. The minimum Gasteiger partial charge on any atom is -0.488 e. The third-order valence-electron chi connectivity index (χ3n) is 7.16. The molecule has 1 amide bonds. The summed E-state index contributed by atoms with van der Waals surface area (Å²) in [6.45, 7) is 7.67. The summed E-state index contributed by atoms with van der Waals surface area (Å²) in [6.07, 6.45) is -0.281. The van der Waals surface area contributed by atoms with Crippen LogP contribution >= 0.6 is 0 Å². The van der Waals surface area contributed by atoms with Crippen molar-refractivity contribution < 1.29 is 19.2 Å². The highest BCUT2D eigenvalue weighted by atomic mass is 16.5. The summed E-state index contributed by atoms with van der Waals surface area (Å²) >= 11 is 0. The maximum Gasteiger partial charge on any atom is 0.407 e. The van der Waals surface area contributed by atoms with Crippen molar-refractivity contribution in [2.24, 2.45) is 5.41 Å². The minimum atomic E-state index is -0.895. The Kier molecular flexibility index (Phi) is 7.07. The van der Waals surface area contributed by atoms with E-state index in [9.17, 15) is 15.2 Å². The molecule has 1 N–H and O–H groups in total. The van der Waals surface area contributed by atoms with Crippen LogP contribution in [0.5, 0.6) is 5.75 Å². The van der Waals surface area contributed by atoms with E-state index in [4.69, 9.17) is 9.26 Å². The second-order valence-electron chi connectivity index (χ2n) is 10.8. The largest absolute Gasteiger partial charge is 0.488 e. The number of amides is 1. The van der Waals surface area contributed by atoms with Gasteiger partial charge in [-0.2, -0.15) is 10.2 Å². The molecule has 4 aromatic rings. The number of nitrogens with zero attached hydrogens (tertiary/aromatic N) is 4. The first kappa shape index (κ1) is 26.0. The van der Waals surface area contributed by atoms with E-state index in [1.807, 2.05) is 42.5 Å². The van der Waals surface area contributed by atoms with Crippen molar-refractivity contribution in [2.75, 3.05) is 13.1 Å². The zero-order chi connectivity index (χ0) is 27.6. The molecule has 1 aromatic heterocycles. The van der Waals surface area contributed by atoms with E-state index in [0.717, 1.165) is 22.3 Å². The maximum atomic E-state index is 11.8. The molecule has 0 radical (unpaired) electrons. The van der Waals surface area contributed by atoms with Crippen molar-refractivity contribution in [1.82, 2.24) is 15.0 Å². The van der Waals surface area contributed by atoms with Gasteiger partial charge in [0.1, 0.15) is 18.4 Å². The zero-order valence-corrected chi connectivity index (χ0v) is 22.2. The average Bonchev–Trinajstić information content (AvgIpc) is 3.33. The minimum absolute atomic E-state index is 0.0630. The van der Waals surface area contributed by atoms with Crippen LogP contribution in [0, 0.1) is 16.7 Å². The Morgan fingerprint density at radius 3 is 2.62 bits per heavy atom. The molecule has 39 heavy (non-hydrogen) atoms. The van der Waals surface area contributed by atoms with E-state index in [0.29, 0.717) is 54.7 Å². The third kappa shape index (κ3) is 5.63. The summed E-state index contributed by atoms with van der Waals surface area (Å²) in [7, 11) is 0. The predicted octanol–water partition coefficient (Wildman–Crippen LogP) is 6.52. The smallest absolute Gasteiger partial charge is 0.407 e. The van der Waals surface area contributed by atoms with Gasteiger partial charge in [-0.15, -0.1) is 0 Å². The number of ether oxygens (including phenoxy) is 1. The second-order valence-corrected chi connectivity index (χ2v) is 10.8. The number of benzene rings is 3. The molecule has 1 aliphatic rings. The molecule has 8 heteroatoms. The molecule has 1 atom stereocenters. The summed E-state index contributed by atoms with van der Waals surface area (Å²) in [4.78, 5) is 17.9. The first-order valence-corrected chi connectivity index (χ1v) is 12.9. The molecule has 0 bridgehead atoms. The summed E-state index contributed by atoms with van der Waals surface area (Å²) in [5.74, 6) is 1.28. The van der Waals surface area contributed by atoms with Crippen LogP contribution in [-0.4, -0.2) is 39.3 Å². The molecule has 2 heterocycles. The van der Waals surface area contributed by atoms with E-state index in [2.05, 4.69) is 43.0 Å². The molecule has 1 unspecified atom stereocenters. The van der Waals surface area contributed by atoms with Gasteiger partial charge < -0.3 is 19.3 Å². The molecular formula is C31H30N4O4. The summed E-state index contributed by atoms with van der Waals surface area (Å²) in [5.41, 5.74) is 4.95. The van der Waals surface area contributed by atoms with E-state index in [-0.39, 0.29) is 11.3 Å². The molecule has 0 fully saturated rings. The van der Waals surface area contributed by atoms with Crippen LogP contribution in [0.3, 0.4) is 0 Å². The lowest BCUT2D eigenvalue weighted by Crippen LogP contribution is -2.36. The molecule has 5 rings (SSSR count). The van der Waals surface area contributed by atoms with Crippen molar-refractivity contribution in [3.8, 4) is 34.7 Å². The fourth-order valence-corrected chi connectivity index (χ4v) is 4.95. The predicted molar refractivity (Wildman–Crippen MR) is 146 cm³/mol. The van der Waals surface area contributed by atoms with E-state index in [1.54, 1.807) is 18.2 Å². The van der Waals surface area contributed by atoms with Gasteiger partial charge in [-0.25, -0.2) is 4.79 Å².